The first-order valence-electron chi connectivity index (χ1n) is 5.28. The summed E-state index contributed by atoms with van der Waals surface area (Å²) in [5.41, 5.74) is 0. The molecular formula is C9H15N5O2. The van der Waals surface area contributed by atoms with Crippen molar-refractivity contribution in [1.82, 2.24) is 20.4 Å². The molecule has 0 atom stereocenters. The van der Waals surface area contributed by atoms with Crippen molar-refractivity contribution in [2.75, 3.05) is 38.0 Å². The second kappa shape index (κ2) is 4.93. The van der Waals surface area contributed by atoms with Gasteiger partial charge in [-0.2, -0.15) is 4.98 Å². The molecule has 0 spiro atoms. The van der Waals surface area contributed by atoms with Crippen LogP contribution in [-0.2, 0) is 4.79 Å². The highest BCUT2D eigenvalue weighted by Gasteiger charge is 2.16. The minimum atomic E-state index is 0.0531. The van der Waals surface area contributed by atoms with Crippen molar-refractivity contribution in [2.45, 2.75) is 6.92 Å². The predicted molar refractivity (Wildman–Crippen MR) is 57.0 cm³/mol. The number of aromatic nitrogens is 2. The summed E-state index contributed by atoms with van der Waals surface area (Å²) in [6.07, 6.45) is 0. The Kier molecular flexibility index (Phi) is 3.35. The molecule has 1 aliphatic rings. The Morgan fingerprint density at radius 1 is 1.56 bits per heavy atom. The molecule has 1 amide bonds. The lowest BCUT2D eigenvalue weighted by Gasteiger charge is -2.27. The van der Waals surface area contributed by atoms with Crippen molar-refractivity contribution < 1.29 is 9.32 Å². The second-order valence-corrected chi connectivity index (χ2v) is 3.63. The maximum Gasteiger partial charge on any atom is 0.321 e. The molecule has 0 unspecified atom stereocenters. The molecule has 0 bridgehead atoms. The van der Waals surface area contributed by atoms with Crippen molar-refractivity contribution in [3.63, 3.8) is 0 Å². The first kappa shape index (κ1) is 10.9. The zero-order valence-electron chi connectivity index (χ0n) is 9.19. The molecular weight excluding hydrogens is 210 g/mol. The summed E-state index contributed by atoms with van der Waals surface area (Å²) in [4.78, 5) is 17.5. The lowest BCUT2D eigenvalue weighted by molar-refractivity contribution is -0.129. The van der Waals surface area contributed by atoms with Crippen LogP contribution in [0.15, 0.2) is 4.52 Å². The van der Waals surface area contributed by atoms with E-state index in [2.05, 4.69) is 20.8 Å². The molecule has 7 heteroatoms. The van der Waals surface area contributed by atoms with Gasteiger partial charge in [0.15, 0.2) is 5.82 Å². The molecule has 1 aromatic heterocycles. The third kappa shape index (κ3) is 2.69. The third-order valence-corrected chi connectivity index (χ3v) is 2.39. The van der Waals surface area contributed by atoms with Gasteiger partial charge >= 0.3 is 6.01 Å². The van der Waals surface area contributed by atoms with E-state index in [0.29, 0.717) is 11.8 Å². The van der Waals surface area contributed by atoms with E-state index in [-0.39, 0.29) is 12.5 Å². The van der Waals surface area contributed by atoms with E-state index < -0.39 is 0 Å². The summed E-state index contributed by atoms with van der Waals surface area (Å²) in [7, 11) is 0. The Hall–Kier alpha value is -1.63. The fourth-order valence-corrected chi connectivity index (χ4v) is 1.55. The number of hydrogen-bond donors (Lipinski definition) is 2. The Balaban J connectivity index is 1.78. The van der Waals surface area contributed by atoms with Crippen LogP contribution < -0.4 is 10.6 Å². The Morgan fingerprint density at radius 2 is 2.31 bits per heavy atom. The molecule has 1 aliphatic heterocycles. The van der Waals surface area contributed by atoms with Gasteiger partial charge in [-0.3, -0.25) is 4.79 Å². The number of piperazine rings is 1. The first-order valence-corrected chi connectivity index (χ1v) is 5.28. The van der Waals surface area contributed by atoms with Crippen molar-refractivity contribution in [2.24, 2.45) is 0 Å². The van der Waals surface area contributed by atoms with Crippen LogP contribution in [-0.4, -0.2) is 53.7 Å². The van der Waals surface area contributed by atoms with Gasteiger partial charge in [-0.05, 0) is 6.92 Å². The fraction of sp³-hybridized carbons (Fsp3) is 0.667. The second-order valence-electron chi connectivity index (χ2n) is 3.63. The van der Waals surface area contributed by atoms with E-state index in [9.17, 15) is 4.79 Å². The zero-order valence-corrected chi connectivity index (χ0v) is 9.19. The highest BCUT2D eigenvalue weighted by atomic mass is 16.5. The Labute approximate surface area is 93.2 Å². The molecule has 0 saturated carbocycles. The highest BCUT2D eigenvalue weighted by molar-refractivity contribution is 5.80. The van der Waals surface area contributed by atoms with Crippen molar-refractivity contribution >= 4 is 11.9 Å². The van der Waals surface area contributed by atoms with Crippen LogP contribution in [0.1, 0.15) is 5.82 Å². The normalized spacial score (nSPS) is 16.2. The molecule has 1 aromatic rings. The molecule has 2 rings (SSSR count). The largest absolute Gasteiger partial charge is 0.339 e. The van der Waals surface area contributed by atoms with Crippen LogP contribution in [0.4, 0.5) is 6.01 Å². The van der Waals surface area contributed by atoms with Crippen molar-refractivity contribution in [3.8, 4) is 0 Å². The lowest BCUT2D eigenvalue weighted by Crippen LogP contribution is -2.48. The molecule has 2 N–H and O–H groups in total. The SMILES string of the molecule is Cc1noc(NCC(=O)N2CCNCC2)n1. The zero-order chi connectivity index (χ0) is 11.4. The quantitative estimate of drug-likeness (QED) is 0.702. The standard InChI is InChI=1S/C9H15N5O2/c1-7-12-9(16-13-7)11-6-8(15)14-4-2-10-3-5-14/h10H,2-6H2,1H3,(H,11,12,13). The Morgan fingerprint density at radius 3 is 2.94 bits per heavy atom. The van der Waals surface area contributed by atoms with E-state index in [1.807, 2.05) is 4.90 Å². The van der Waals surface area contributed by atoms with E-state index in [0.717, 1.165) is 26.2 Å². The molecule has 88 valence electrons. The van der Waals surface area contributed by atoms with Crippen molar-refractivity contribution in [3.05, 3.63) is 5.82 Å². The number of nitrogens with zero attached hydrogens (tertiary/aromatic N) is 3. The fourth-order valence-electron chi connectivity index (χ4n) is 1.55. The summed E-state index contributed by atoms with van der Waals surface area (Å²) in [6.45, 7) is 5.14. The highest BCUT2D eigenvalue weighted by Crippen LogP contribution is 2.02. The minimum absolute atomic E-state index is 0.0531. The summed E-state index contributed by atoms with van der Waals surface area (Å²) in [5.74, 6) is 0.606. The summed E-state index contributed by atoms with van der Waals surface area (Å²) in [6, 6.07) is 0.293. The van der Waals surface area contributed by atoms with Crippen LogP contribution >= 0.6 is 0 Å². The number of amides is 1. The number of nitrogens with one attached hydrogen (secondary N) is 2. The lowest BCUT2D eigenvalue weighted by atomic mass is 10.3. The Bertz CT molecular complexity index is 359. The van der Waals surface area contributed by atoms with Crippen LogP contribution in [0.5, 0.6) is 0 Å². The van der Waals surface area contributed by atoms with E-state index in [1.54, 1.807) is 6.92 Å². The molecule has 0 radical (unpaired) electrons. The van der Waals surface area contributed by atoms with Crippen LogP contribution in [0.2, 0.25) is 0 Å². The van der Waals surface area contributed by atoms with E-state index in [1.165, 1.54) is 0 Å². The number of hydrogen-bond acceptors (Lipinski definition) is 6. The number of carbonyl (C=O) groups excluding carboxylic acids is 1. The van der Waals surface area contributed by atoms with Gasteiger partial charge in [-0.25, -0.2) is 0 Å². The molecule has 0 aliphatic carbocycles. The average Bonchev–Trinajstić information content (AvgIpc) is 2.73. The van der Waals surface area contributed by atoms with Gasteiger partial charge in [0.2, 0.25) is 5.91 Å². The maximum absolute atomic E-state index is 11.7. The molecule has 16 heavy (non-hydrogen) atoms. The maximum atomic E-state index is 11.7. The predicted octanol–water partition coefficient (Wildman–Crippen LogP) is -0.778. The molecule has 0 aromatic carbocycles. The average molecular weight is 225 g/mol. The van der Waals surface area contributed by atoms with Gasteiger partial charge in [-0.15, -0.1) is 0 Å². The molecule has 1 fully saturated rings. The molecule has 1 saturated heterocycles. The van der Waals surface area contributed by atoms with Crippen LogP contribution in [0.3, 0.4) is 0 Å². The van der Waals surface area contributed by atoms with Gasteiger partial charge in [-0.1, -0.05) is 5.16 Å². The number of carbonyl (C=O) groups is 1. The van der Waals surface area contributed by atoms with Gasteiger partial charge in [0.05, 0.1) is 6.54 Å². The van der Waals surface area contributed by atoms with Crippen LogP contribution in [0, 0.1) is 6.92 Å². The summed E-state index contributed by atoms with van der Waals surface area (Å²) >= 11 is 0. The van der Waals surface area contributed by atoms with E-state index in [4.69, 9.17) is 4.52 Å². The first-order chi connectivity index (χ1) is 7.75. The van der Waals surface area contributed by atoms with Gasteiger partial charge in [0.1, 0.15) is 0 Å². The van der Waals surface area contributed by atoms with E-state index >= 15 is 0 Å². The number of anilines is 1. The third-order valence-electron chi connectivity index (χ3n) is 2.39. The smallest absolute Gasteiger partial charge is 0.321 e. The molecule has 2 heterocycles. The number of aryl methyl sites for hydroxylation is 1. The molecule has 7 nitrogen and oxygen atoms in total. The van der Waals surface area contributed by atoms with Gasteiger partial charge < -0.3 is 20.1 Å². The number of rotatable bonds is 3. The minimum Gasteiger partial charge on any atom is -0.339 e. The topological polar surface area (TPSA) is 83.3 Å². The van der Waals surface area contributed by atoms with Crippen LogP contribution in [0.25, 0.3) is 0 Å². The van der Waals surface area contributed by atoms with Gasteiger partial charge in [0.25, 0.3) is 0 Å². The monoisotopic (exact) mass is 225 g/mol. The van der Waals surface area contributed by atoms with Crippen molar-refractivity contribution in [1.29, 1.82) is 0 Å². The summed E-state index contributed by atoms with van der Waals surface area (Å²) in [5, 5.41) is 9.63. The summed E-state index contributed by atoms with van der Waals surface area (Å²) < 4.78 is 4.85. The van der Waals surface area contributed by atoms with Gasteiger partial charge in [0, 0.05) is 26.2 Å².